The van der Waals surface area contributed by atoms with Crippen molar-refractivity contribution in [2.75, 3.05) is 0 Å². The normalized spacial score (nSPS) is 11.7. The molecule has 5 heteroatoms. The molecule has 2 aromatic carbocycles. The van der Waals surface area contributed by atoms with E-state index in [1.807, 2.05) is 19.1 Å². The largest absolute Gasteiger partial charge is 0.296 e. The second kappa shape index (κ2) is 5.42. The molecule has 4 nitrogen and oxygen atoms in total. The van der Waals surface area contributed by atoms with Gasteiger partial charge in [0.05, 0.1) is 10.4 Å². The number of rotatable bonds is 4. The Morgan fingerprint density at radius 3 is 2.27 bits per heavy atom. The van der Waals surface area contributed by atoms with Gasteiger partial charge in [0.15, 0.2) is 6.29 Å². The van der Waals surface area contributed by atoms with Crippen molar-refractivity contribution < 1.29 is 13.2 Å². The molecule has 0 N–H and O–H groups in total. The maximum Gasteiger partial charge on any atom is 0.268 e. The van der Waals surface area contributed by atoms with Crippen LogP contribution in [0.15, 0.2) is 59.5 Å². The third-order valence-corrected chi connectivity index (χ3v) is 5.46. The summed E-state index contributed by atoms with van der Waals surface area (Å²) < 4.78 is 27.1. The molecule has 0 saturated carbocycles. The number of hydrogen-bond donors (Lipinski definition) is 0. The molecule has 3 rings (SSSR count). The topological polar surface area (TPSA) is 56.1 Å². The fourth-order valence-electron chi connectivity index (χ4n) is 2.74. The quantitative estimate of drug-likeness (QED) is 0.695. The first-order valence-corrected chi connectivity index (χ1v) is 8.43. The SMILES string of the molecule is CCc1c(C=O)n(S(=O)(=O)c2ccccc2)c2ccccc12. The van der Waals surface area contributed by atoms with Gasteiger partial charge in [-0.1, -0.05) is 43.3 Å². The summed E-state index contributed by atoms with van der Waals surface area (Å²) in [6, 6.07) is 15.3. The van der Waals surface area contributed by atoms with Gasteiger partial charge in [-0.25, -0.2) is 12.4 Å². The van der Waals surface area contributed by atoms with E-state index >= 15 is 0 Å². The van der Waals surface area contributed by atoms with Crippen molar-refractivity contribution in [3.05, 3.63) is 65.9 Å². The first kappa shape index (κ1) is 14.5. The zero-order chi connectivity index (χ0) is 15.7. The molecule has 0 radical (unpaired) electrons. The minimum absolute atomic E-state index is 0.168. The molecule has 0 bridgehead atoms. The van der Waals surface area contributed by atoms with E-state index in [9.17, 15) is 13.2 Å². The van der Waals surface area contributed by atoms with Crippen LogP contribution in [0, 0.1) is 0 Å². The van der Waals surface area contributed by atoms with Gasteiger partial charge in [0.1, 0.15) is 5.69 Å². The number of nitrogens with zero attached hydrogens (tertiary/aromatic N) is 1. The molecule has 3 aromatic rings. The molecule has 0 atom stereocenters. The molecule has 0 spiro atoms. The highest BCUT2D eigenvalue weighted by molar-refractivity contribution is 7.90. The molecular weight excluding hydrogens is 298 g/mol. The standard InChI is InChI=1S/C17H15NO3S/c1-2-14-15-10-6-7-11-16(15)18(17(14)12-19)22(20,21)13-8-4-3-5-9-13/h3-12H,2H2,1H3. The Morgan fingerprint density at radius 2 is 1.64 bits per heavy atom. The Hall–Kier alpha value is -2.40. The lowest BCUT2D eigenvalue weighted by Gasteiger charge is -2.09. The lowest BCUT2D eigenvalue weighted by molar-refractivity contribution is 0.111. The summed E-state index contributed by atoms with van der Waals surface area (Å²) in [5.41, 5.74) is 1.49. The van der Waals surface area contributed by atoms with Crippen molar-refractivity contribution in [1.29, 1.82) is 0 Å². The Morgan fingerprint density at radius 1 is 1.00 bits per heavy atom. The van der Waals surface area contributed by atoms with Gasteiger partial charge in [-0.3, -0.25) is 4.79 Å². The van der Waals surface area contributed by atoms with Gasteiger partial charge in [0.2, 0.25) is 0 Å². The number of aromatic nitrogens is 1. The molecule has 22 heavy (non-hydrogen) atoms. The van der Waals surface area contributed by atoms with Crippen molar-refractivity contribution in [2.24, 2.45) is 0 Å². The average Bonchev–Trinajstić information content (AvgIpc) is 2.89. The molecule has 0 unspecified atom stereocenters. The zero-order valence-corrected chi connectivity index (χ0v) is 12.9. The van der Waals surface area contributed by atoms with Crippen LogP contribution in [-0.2, 0) is 16.4 Å². The van der Waals surface area contributed by atoms with Crippen LogP contribution in [0.2, 0.25) is 0 Å². The molecular formula is C17H15NO3S. The molecule has 1 heterocycles. The minimum atomic E-state index is -3.81. The zero-order valence-electron chi connectivity index (χ0n) is 12.1. The molecule has 0 aliphatic heterocycles. The Labute approximate surface area is 129 Å². The number of benzene rings is 2. The number of aryl methyl sites for hydroxylation is 1. The van der Waals surface area contributed by atoms with Gasteiger partial charge in [0, 0.05) is 5.39 Å². The van der Waals surface area contributed by atoms with Crippen LogP contribution in [-0.4, -0.2) is 18.7 Å². The van der Waals surface area contributed by atoms with Crippen LogP contribution in [0.3, 0.4) is 0 Å². The smallest absolute Gasteiger partial charge is 0.268 e. The minimum Gasteiger partial charge on any atom is -0.296 e. The number of carbonyl (C=O) groups excluding carboxylic acids is 1. The van der Waals surface area contributed by atoms with Crippen molar-refractivity contribution in [1.82, 2.24) is 3.97 Å². The van der Waals surface area contributed by atoms with Gasteiger partial charge < -0.3 is 0 Å². The van der Waals surface area contributed by atoms with E-state index in [0.29, 0.717) is 18.2 Å². The van der Waals surface area contributed by atoms with Gasteiger partial charge in [-0.05, 0) is 30.2 Å². The second-order valence-electron chi connectivity index (χ2n) is 4.93. The van der Waals surface area contributed by atoms with Crippen LogP contribution in [0.1, 0.15) is 23.0 Å². The number of aldehydes is 1. The van der Waals surface area contributed by atoms with Gasteiger partial charge >= 0.3 is 0 Å². The number of hydrogen-bond acceptors (Lipinski definition) is 3. The summed E-state index contributed by atoms with van der Waals surface area (Å²) in [7, 11) is -3.81. The maximum atomic E-state index is 13.0. The van der Waals surface area contributed by atoms with Gasteiger partial charge in [-0.15, -0.1) is 0 Å². The van der Waals surface area contributed by atoms with E-state index in [1.54, 1.807) is 30.3 Å². The van der Waals surface area contributed by atoms with Crippen LogP contribution in [0.4, 0.5) is 0 Å². The van der Waals surface area contributed by atoms with Gasteiger partial charge in [0.25, 0.3) is 10.0 Å². The highest BCUT2D eigenvalue weighted by Gasteiger charge is 2.25. The second-order valence-corrected chi connectivity index (χ2v) is 6.72. The predicted molar refractivity (Wildman–Crippen MR) is 85.7 cm³/mol. The van der Waals surface area contributed by atoms with E-state index in [-0.39, 0.29) is 10.6 Å². The third kappa shape index (κ3) is 2.05. The summed E-state index contributed by atoms with van der Waals surface area (Å²) in [5.74, 6) is 0. The molecule has 0 fully saturated rings. The van der Waals surface area contributed by atoms with E-state index < -0.39 is 10.0 Å². The Kier molecular flexibility index (Phi) is 3.58. The molecule has 0 saturated heterocycles. The van der Waals surface area contributed by atoms with Crippen LogP contribution in [0.25, 0.3) is 10.9 Å². The number of para-hydroxylation sites is 1. The van der Waals surface area contributed by atoms with E-state index in [2.05, 4.69) is 0 Å². The highest BCUT2D eigenvalue weighted by Crippen LogP contribution is 2.29. The lowest BCUT2D eigenvalue weighted by Crippen LogP contribution is -2.16. The summed E-state index contributed by atoms with van der Waals surface area (Å²) in [6.45, 7) is 1.91. The maximum absolute atomic E-state index is 13.0. The fourth-order valence-corrected chi connectivity index (χ4v) is 4.29. The van der Waals surface area contributed by atoms with Crippen LogP contribution in [0.5, 0.6) is 0 Å². The van der Waals surface area contributed by atoms with Crippen molar-refractivity contribution >= 4 is 27.2 Å². The summed E-state index contributed by atoms with van der Waals surface area (Å²) in [5, 5.41) is 0.798. The Bertz CT molecular complexity index is 941. The van der Waals surface area contributed by atoms with Crippen molar-refractivity contribution in [3.63, 3.8) is 0 Å². The van der Waals surface area contributed by atoms with Crippen molar-refractivity contribution in [3.8, 4) is 0 Å². The predicted octanol–water partition coefficient (Wildman–Crippen LogP) is 3.25. The Balaban J connectivity index is 2.43. The molecule has 0 aliphatic carbocycles. The molecule has 0 aliphatic rings. The third-order valence-electron chi connectivity index (χ3n) is 3.72. The fraction of sp³-hybridized carbons (Fsp3) is 0.118. The van der Waals surface area contributed by atoms with Crippen LogP contribution < -0.4 is 0 Å². The number of carbonyl (C=O) groups is 1. The monoisotopic (exact) mass is 313 g/mol. The van der Waals surface area contributed by atoms with E-state index in [0.717, 1.165) is 14.9 Å². The first-order valence-electron chi connectivity index (χ1n) is 6.99. The molecule has 112 valence electrons. The van der Waals surface area contributed by atoms with Crippen molar-refractivity contribution in [2.45, 2.75) is 18.2 Å². The lowest BCUT2D eigenvalue weighted by atomic mass is 10.1. The molecule has 0 amide bonds. The highest BCUT2D eigenvalue weighted by atomic mass is 32.2. The summed E-state index contributed by atoms with van der Waals surface area (Å²) >= 11 is 0. The van der Waals surface area contributed by atoms with Crippen LogP contribution >= 0.6 is 0 Å². The summed E-state index contributed by atoms with van der Waals surface area (Å²) in [4.78, 5) is 11.7. The number of fused-ring (bicyclic) bond motifs is 1. The summed E-state index contributed by atoms with van der Waals surface area (Å²) in [6.07, 6.45) is 1.21. The van der Waals surface area contributed by atoms with E-state index in [4.69, 9.17) is 0 Å². The van der Waals surface area contributed by atoms with Gasteiger partial charge in [-0.2, -0.15) is 0 Å². The first-order chi connectivity index (χ1) is 10.6. The molecule has 1 aromatic heterocycles. The van der Waals surface area contributed by atoms with E-state index in [1.165, 1.54) is 12.1 Å². The average molecular weight is 313 g/mol.